The minimum atomic E-state index is -1.00. The zero-order chi connectivity index (χ0) is 13.1. The fraction of sp³-hybridized carbons (Fsp3) is 0.429. The van der Waals surface area contributed by atoms with Crippen LogP contribution in [0.2, 0.25) is 0 Å². The third-order valence-corrected chi connectivity index (χ3v) is 3.42. The first kappa shape index (κ1) is 12.6. The molecule has 18 heavy (non-hydrogen) atoms. The molecule has 1 fully saturated rings. The number of aromatic carboxylic acids is 1. The number of nitrogens with zero attached hydrogens (tertiary/aromatic N) is 1. The number of carboxylic acids is 1. The first-order valence-corrected chi connectivity index (χ1v) is 6.24. The van der Waals surface area contributed by atoms with E-state index >= 15 is 0 Å². The van der Waals surface area contributed by atoms with Crippen molar-refractivity contribution in [1.29, 1.82) is 0 Å². The second-order valence-electron chi connectivity index (χ2n) is 4.73. The van der Waals surface area contributed by atoms with Crippen LogP contribution >= 0.6 is 0 Å². The molecule has 0 saturated carbocycles. The van der Waals surface area contributed by atoms with Gasteiger partial charge in [0.15, 0.2) is 0 Å². The molecule has 1 aliphatic rings. The zero-order valence-corrected chi connectivity index (χ0v) is 10.4. The molecule has 0 aliphatic carbocycles. The quantitative estimate of drug-likeness (QED) is 0.873. The minimum Gasteiger partial charge on any atom is -0.478 e. The predicted octanol–water partition coefficient (Wildman–Crippen LogP) is 2.40. The fourth-order valence-corrected chi connectivity index (χ4v) is 2.35. The number of carbonyl (C=O) groups excluding carboxylic acids is 1. The maximum absolute atomic E-state index is 12.3. The highest BCUT2D eigenvalue weighted by Gasteiger charge is 2.24. The predicted molar refractivity (Wildman–Crippen MR) is 67.8 cm³/mol. The van der Waals surface area contributed by atoms with E-state index in [2.05, 4.69) is 0 Å². The molecule has 1 aromatic rings. The minimum absolute atomic E-state index is 0.0645. The number of hydrogen-bond acceptors (Lipinski definition) is 2. The number of hydrogen-bond donors (Lipinski definition) is 1. The summed E-state index contributed by atoms with van der Waals surface area (Å²) >= 11 is 0. The molecule has 1 aliphatic heterocycles. The second kappa shape index (κ2) is 5.21. The second-order valence-corrected chi connectivity index (χ2v) is 4.73. The lowest BCUT2D eigenvalue weighted by molar-refractivity contribution is 0.0635. The molecule has 0 bridgehead atoms. The van der Waals surface area contributed by atoms with E-state index in [0.717, 1.165) is 25.8 Å². The van der Waals surface area contributed by atoms with Gasteiger partial charge in [0.25, 0.3) is 5.91 Å². The SMILES string of the molecule is CC1CCCCN1C(=O)c1cccc(C(=O)O)c1. The summed E-state index contributed by atoms with van der Waals surface area (Å²) in [6, 6.07) is 6.48. The molecule has 1 N–H and O–H groups in total. The Morgan fingerprint density at radius 3 is 2.67 bits per heavy atom. The third kappa shape index (κ3) is 2.53. The van der Waals surface area contributed by atoms with Gasteiger partial charge in [-0.15, -0.1) is 0 Å². The highest BCUT2D eigenvalue weighted by Crippen LogP contribution is 2.19. The first-order chi connectivity index (χ1) is 8.59. The van der Waals surface area contributed by atoms with Crippen LogP contribution in [0.3, 0.4) is 0 Å². The molecule has 1 amide bonds. The highest BCUT2D eigenvalue weighted by atomic mass is 16.4. The lowest BCUT2D eigenvalue weighted by atomic mass is 10.0. The Labute approximate surface area is 106 Å². The highest BCUT2D eigenvalue weighted by molar-refractivity contribution is 5.97. The van der Waals surface area contributed by atoms with Crippen molar-refractivity contribution in [2.24, 2.45) is 0 Å². The molecular formula is C14H17NO3. The van der Waals surface area contributed by atoms with Gasteiger partial charge in [-0.25, -0.2) is 4.79 Å². The van der Waals surface area contributed by atoms with E-state index in [0.29, 0.717) is 5.56 Å². The lowest BCUT2D eigenvalue weighted by Gasteiger charge is -2.33. The van der Waals surface area contributed by atoms with E-state index in [4.69, 9.17) is 5.11 Å². The molecule has 1 saturated heterocycles. The van der Waals surface area contributed by atoms with Crippen molar-refractivity contribution in [3.8, 4) is 0 Å². The maximum Gasteiger partial charge on any atom is 0.335 e. The standard InChI is InChI=1S/C14H17NO3/c1-10-5-2-3-8-15(10)13(16)11-6-4-7-12(9-11)14(17)18/h4,6-7,9-10H,2-3,5,8H2,1H3,(H,17,18). The van der Waals surface area contributed by atoms with Gasteiger partial charge in [-0.3, -0.25) is 4.79 Å². The number of carboxylic acid groups (broad SMARTS) is 1. The molecule has 0 radical (unpaired) electrons. The summed E-state index contributed by atoms with van der Waals surface area (Å²) in [5.41, 5.74) is 0.620. The Morgan fingerprint density at radius 1 is 1.28 bits per heavy atom. The van der Waals surface area contributed by atoms with Crippen molar-refractivity contribution >= 4 is 11.9 Å². The summed E-state index contributed by atoms with van der Waals surface area (Å²) in [5, 5.41) is 8.93. The number of carbonyl (C=O) groups is 2. The van der Waals surface area contributed by atoms with Gasteiger partial charge < -0.3 is 10.0 Å². The van der Waals surface area contributed by atoms with Crippen LogP contribution in [0.1, 0.15) is 46.9 Å². The van der Waals surface area contributed by atoms with E-state index in [9.17, 15) is 9.59 Å². The van der Waals surface area contributed by atoms with Crippen LogP contribution in [0.5, 0.6) is 0 Å². The van der Waals surface area contributed by atoms with Crippen LogP contribution in [-0.4, -0.2) is 34.5 Å². The van der Waals surface area contributed by atoms with Crippen LogP contribution < -0.4 is 0 Å². The molecule has 4 heteroatoms. The molecule has 0 spiro atoms. The van der Waals surface area contributed by atoms with E-state index in [1.807, 2.05) is 11.8 Å². The monoisotopic (exact) mass is 247 g/mol. The van der Waals surface area contributed by atoms with Crippen LogP contribution in [0.25, 0.3) is 0 Å². The van der Waals surface area contributed by atoms with Crippen molar-refractivity contribution in [3.05, 3.63) is 35.4 Å². The summed E-state index contributed by atoms with van der Waals surface area (Å²) in [6.07, 6.45) is 3.19. The number of benzene rings is 1. The molecule has 1 atom stereocenters. The summed E-state index contributed by atoms with van der Waals surface area (Å²) in [7, 11) is 0. The normalized spacial score (nSPS) is 19.6. The first-order valence-electron chi connectivity index (χ1n) is 6.24. The Hall–Kier alpha value is -1.84. The van der Waals surface area contributed by atoms with Crippen molar-refractivity contribution < 1.29 is 14.7 Å². The van der Waals surface area contributed by atoms with Gasteiger partial charge in [0, 0.05) is 18.2 Å². The number of piperidine rings is 1. The van der Waals surface area contributed by atoms with Crippen LogP contribution in [-0.2, 0) is 0 Å². The number of likely N-dealkylation sites (tertiary alicyclic amines) is 1. The largest absolute Gasteiger partial charge is 0.478 e. The summed E-state index contributed by atoms with van der Waals surface area (Å²) in [6.45, 7) is 2.80. The average molecular weight is 247 g/mol. The van der Waals surface area contributed by atoms with Gasteiger partial charge >= 0.3 is 5.97 Å². The Bertz CT molecular complexity index is 470. The van der Waals surface area contributed by atoms with Crippen LogP contribution in [0.15, 0.2) is 24.3 Å². The third-order valence-electron chi connectivity index (χ3n) is 3.42. The molecule has 96 valence electrons. The van der Waals surface area contributed by atoms with E-state index in [1.165, 1.54) is 12.1 Å². The molecular weight excluding hydrogens is 230 g/mol. The zero-order valence-electron chi connectivity index (χ0n) is 10.4. The van der Waals surface area contributed by atoms with Crippen molar-refractivity contribution in [2.75, 3.05) is 6.54 Å². The van der Waals surface area contributed by atoms with Crippen LogP contribution in [0.4, 0.5) is 0 Å². The number of rotatable bonds is 2. The van der Waals surface area contributed by atoms with Crippen molar-refractivity contribution in [3.63, 3.8) is 0 Å². The average Bonchev–Trinajstić information content (AvgIpc) is 2.38. The Balaban J connectivity index is 2.22. The summed E-state index contributed by atoms with van der Waals surface area (Å²) in [4.78, 5) is 25.0. The van der Waals surface area contributed by atoms with E-state index in [-0.39, 0.29) is 17.5 Å². The Kier molecular flexibility index (Phi) is 3.65. The van der Waals surface area contributed by atoms with Gasteiger partial charge in [0.05, 0.1) is 5.56 Å². The van der Waals surface area contributed by atoms with E-state index < -0.39 is 5.97 Å². The van der Waals surface area contributed by atoms with Crippen molar-refractivity contribution in [2.45, 2.75) is 32.2 Å². The smallest absolute Gasteiger partial charge is 0.335 e. The molecule has 1 aromatic carbocycles. The fourth-order valence-electron chi connectivity index (χ4n) is 2.35. The Morgan fingerprint density at radius 2 is 2.00 bits per heavy atom. The summed E-state index contributed by atoms with van der Waals surface area (Å²) < 4.78 is 0. The topological polar surface area (TPSA) is 57.6 Å². The van der Waals surface area contributed by atoms with Crippen LogP contribution in [0, 0.1) is 0 Å². The van der Waals surface area contributed by atoms with E-state index in [1.54, 1.807) is 12.1 Å². The molecule has 0 aromatic heterocycles. The van der Waals surface area contributed by atoms with Crippen molar-refractivity contribution in [1.82, 2.24) is 4.90 Å². The van der Waals surface area contributed by atoms with Gasteiger partial charge in [-0.05, 0) is 44.4 Å². The van der Waals surface area contributed by atoms with Gasteiger partial charge in [-0.2, -0.15) is 0 Å². The summed E-state index contributed by atoms with van der Waals surface area (Å²) in [5.74, 6) is -1.07. The molecule has 2 rings (SSSR count). The lowest BCUT2D eigenvalue weighted by Crippen LogP contribution is -2.42. The van der Waals surface area contributed by atoms with Gasteiger partial charge in [0.1, 0.15) is 0 Å². The maximum atomic E-state index is 12.3. The van der Waals surface area contributed by atoms with Gasteiger partial charge in [0.2, 0.25) is 0 Å². The molecule has 4 nitrogen and oxygen atoms in total. The number of amides is 1. The molecule has 1 heterocycles. The van der Waals surface area contributed by atoms with Gasteiger partial charge in [-0.1, -0.05) is 6.07 Å². The molecule has 1 unspecified atom stereocenters.